The molecule has 1 heterocycles. The summed E-state index contributed by atoms with van der Waals surface area (Å²) in [5, 5.41) is 20.3. The zero-order valence-electron chi connectivity index (χ0n) is 14.5. The van der Waals surface area contributed by atoms with Crippen LogP contribution in [0.3, 0.4) is 0 Å². The van der Waals surface area contributed by atoms with Crippen molar-refractivity contribution in [3.63, 3.8) is 0 Å². The lowest BCUT2D eigenvalue weighted by Crippen LogP contribution is -2.28. The molecule has 0 spiro atoms. The smallest absolute Gasteiger partial charge is 0.313 e. The molecule has 1 aromatic heterocycles. The summed E-state index contributed by atoms with van der Waals surface area (Å²) in [7, 11) is 1.56. The van der Waals surface area contributed by atoms with Crippen LogP contribution in [0.2, 0.25) is 0 Å². The van der Waals surface area contributed by atoms with Crippen molar-refractivity contribution < 1.29 is 19.4 Å². The molecule has 0 saturated carbocycles. The fraction of sp³-hybridized carbons (Fsp3) is 0.294. The van der Waals surface area contributed by atoms with Crippen LogP contribution in [-0.2, 0) is 11.3 Å². The number of carboxylic acid groups (broad SMARTS) is 1. The monoisotopic (exact) mass is 376 g/mol. The minimum atomic E-state index is -0.939. The van der Waals surface area contributed by atoms with E-state index in [-0.39, 0.29) is 11.7 Å². The van der Waals surface area contributed by atoms with Gasteiger partial charge in [-0.05, 0) is 31.2 Å². The summed E-state index contributed by atoms with van der Waals surface area (Å²) in [5.41, 5.74) is 0.493. The number of allylic oxidation sites excluding steroid dienone is 1. The number of hydrogen-bond donors (Lipinski definition) is 2. The Hall–Kier alpha value is -2.81. The number of carboxylic acids is 1. The fourth-order valence-electron chi connectivity index (χ4n) is 2.24. The molecular formula is C17H20N4O4S. The topological polar surface area (TPSA) is 106 Å². The summed E-state index contributed by atoms with van der Waals surface area (Å²) in [4.78, 5) is 23.2. The normalized spacial score (nSPS) is 11.6. The van der Waals surface area contributed by atoms with E-state index in [4.69, 9.17) is 9.84 Å². The molecule has 2 rings (SSSR count). The predicted molar refractivity (Wildman–Crippen MR) is 97.5 cm³/mol. The minimum Gasteiger partial charge on any atom is -0.497 e. The Morgan fingerprint density at radius 2 is 2.08 bits per heavy atom. The second-order valence-corrected chi connectivity index (χ2v) is 6.29. The molecular weight excluding hydrogens is 356 g/mol. The van der Waals surface area contributed by atoms with E-state index in [9.17, 15) is 9.59 Å². The summed E-state index contributed by atoms with van der Waals surface area (Å²) < 4.78 is 6.81. The number of rotatable bonds is 9. The van der Waals surface area contributed by atoms with Crippen LogP contribution in [0.4, 0.5) is 0 Å². The molecule has 0 unspecified atom stereocenters. The molecule has 26 heavy (non-hydrogen) atoms. The number of aliphatic carboxylic acids is 1. The Morgan fingerprint density at radius 1 is 1.38 bits per heavy atom. The van der Waals surface area contributed by atoms with Crippen LogP contribution in [0, 0.1) is 0 Å². The van der Waals surface area contributed by atoms with Crippen molar-refractivity contribution in [2.45, 2.75) is 24.7 Å². The van der Waals surface area contributed by atoms with Gasteiger partial charge in [0.05, 0.1) is 18.9 Å². The van der Waals surface area contributed by atoms with Crippen LogP contribution in [0.5, 0.6) is 5.75 Å². The zero-order chi connectivity index (χ0) is 19.1. The molecule has 0 radical (unpaired) electrons. The van der Waals surface area contributed by atoms with Crippen LogP contribution >= 0.6 is 11.8 Å². The number of ether oxygens (including phenoxy) is 1. The number of aromatic nitrogens is 3. The summed E-state index contributed by atoms with van der Waals surface area (Å²) in [5.74, 6) is -0.124. The van der Waals surface area contributed by atoms with Crippen LogP contribution in [0.1, 0.15) is 29.1 Å². The maximum Gasteiger partial charge on any atom is 0.313 e. The molecule has 9 heteroatoms. The summed E-state index contributed by atoms with van der Waals surface area (Å²) in [6.45, 7) is 5.89. The average Bonchev–Trinajstić information content (AvgIpc) is 3.03. The first kappa shape index (κ1) is 19.5. The molecule has 8 nitrogen and oxygen atoms in total. The molecule has 1 amide bonds. The molecule has 0 aliphatic heterocycles. The predicted octanol–water partition coefficient (Wildman–Crippen LogP) is 2.14. The van der Waals surface area contributed by atoms with E-state index in [2.05, 4.69) is 22.1 Å². The molecule has 0 bridgehead atoms. The highest BCUT2D eigenvalue weighted by molar-refractivity contribution is 7.99. The lowest BCUT2D eigenvalue weighted by molar-refractivity contribution is -0.133. The first-order valence-electron chi connectivity index (χ1n) is 7.79. The van der Waals surface area contributed by atoms with Gasteiger partial charge in [-0.3, -0.25) is 9.59 Å². The zero-order valence-corrected chi connectivity index (χ0v) is 15.3. The van der Waals surface area contributed by atoms with Crippen LogP contribution < -0.4 is 10.1 Å². The van der Waals surface area contributed by atoms with Crippen molar-refractivity contribution >= 4 is 23.6 Å². The molecule has 2 aromatic rings. The maximum absolute atomic E-state index is 12.4. The van der Waals surface area contributed by atoms with Gasteiger partial charge >= 0.3 is 5.97 Å². The first-order chi connectivity index (χ1) is 12.5. The number of thioether (sulfide) groups is 1. The standard InChI is InChI=1S/C17H20N4O4S/c1-4-9-21-15(19-20-17(21)26-10-14(22)23)11(2)18-16(24)12-5-7-13(25-3)8-6-12/h4-8,11H,1,9-10H2,2-3H3,(H,18,24)(H,22,23)/t11-/m0/s1. The van der Waals surface area contributed by atoms with E-state index in [1.165, 1.54) is 0 Å². The number of amides is 1. The summed E-state index contributed by atoms with van der Waals surface area (Å²) >= 11 is 1.07. The quantitative estimate of drug-likeness (QED) is 0.510. The van der Waals surface area contributed by atoms with E-state index in [1.807, 2.05) is 0 Å². The van der Waals surface area contributed by atoms with Crippen molar-refractivity contribution in [2.75, 3.05) is 12.9 Å². The number of hydrogen-bond acceptors (Lipinski definition) is 6. The van der Waals surface area contributed by atoms with Gasteiger partial charge in [-0.25, -0.2) is 0 Å². The lowest BCUT2D eigenvalue weighted by atomic mass is 10.2. The minimum absolute atomic E-state index is 0.123. The van der Waals surface area contributed by atoms with Crippen molar-refractivity contribution in [2.24, 2.45) is 0 Å². The van der Waals surface area contributed by atoms with Crippen molar-refractivity contribution in [1.29, 1.82) is 0 Å². The third kappa shape index (κ3) is 4.85. The van der Waals surface area contributed by atoms with Gasteiger partial charge in [-0.1, -0.05) is 17.8 Å². The third-order valence-corrected chi connectivity index (χ3v) is 4.42. The molecule has 0 aliphatic rings. The Morgan fingerprint density at radius 3 is 2.65 bits per heavy atom. The second-order valence-electron chi connectivity index (χ2n) is 5.35. The van der Waals surface area contributed by atoms with Gasteiger partial charge in [-0.2, -0.15) is 0 Å². The molecule has 0 fully saturated rings. The number of carbonyl (C=O) groups excluding carboxylic acids is 1. The Balaban J connectivity index is 2.14. The van der Waals surface area contributed by atoms with Crippen molar-refractivity contribution in [1.82, 2.24) is 20.1 Å². The second kappa shape index (κ2) is 9.04. The van der Waals surface area contributed by atoms with Crippen LogP contribution in [-0.4, -0.2) is 44.6 Å². The first-order valence-corrected chi connectivity index (χ1v) is 8.78. The van der Waals surface area contributed by atoms with Gasteiger partial charge in [0.15, 0.2) is 11.0 Å². The van der Waals surface area contributed by atoms with Gasteiger partial charge < -0.3 is 19.7 Å². The van der Waals surface area contributed by atoms with Gasteiger partial charge in [0.2, 0.25) is 0 Å². The highest BCUT2D eigenvalue weighted by atomic mass is 32.2. The van der Waals surface area contributed by atoms with E-state index < -0.39 is 12.0 Å². The summed E-state index contributed by atoms with van der Waals surface area (Å²) in [6.07, 6.45) is 1.66. The van der Waals surface area contributed by atoms with E-state index in [0.717, 1.165) is 11.8 Å². The molecule has 1 atom stereocenters. The average molecular weight is 376 g/mol. The molecule has 0 aliphatic carbocycles. The largest absolute Gasteiger partial charge is 0.497 e. The van der Waals surface area contributed by atoms with E-state index >= 15 is 0 Å². The van der Waals surface area contributed by atoms with Gasteiger partial charge in [-0.15, -0.1) is 16.8 Å². The number of carbonyl (C=O) groups is 2. The van der Waals surface area contributed by atoms with Crippen LogP contribution in [0.25, 0.3) is 0 Å². The lowest BCUT2D eigenvalue weighted by Gasteiger charge is -2.15. The summed E-state index contributed by atoms with van der Waals surface area (Å²) in [6, 6.07) is 6.34. The molecule has 2 N–H and O–H groups in total. The number of methoxy groups -OCH3 is 1. The van der Waals surface area contributed by atoms with Crippen LogP contribution in [0.15, 0.2) is 42.1 Å². The Kier molecular flexibility index (Phi) is 6.79. The maximum atomic E-state index is 12.4. The molecule has 0 saturated heterocycles. The number of nitrogens with zero attached hydrogens (tertiary/aromatic N) is 3. The number of nitrogens with one attached hydrogen (secondary N) is 1. The SMILES string of the molecule is C=CCn1c(SCC(=O)O)nnc1[C@H](C)NC(=O)c1ccc(OC)cc1. The Labute approximate surface area is 155 Å². The van der Waals surface area contributed by atoms with Gasteiger partial charge in [0.1, 0.15) is 5.75 Å². The highest BCUT2D eigenvalue weighted by Crippen LogP contribution is 2.21. The molecule has 1 aromatic carbocycles. The van der Waals surface area contributed by atoms with Gasteiger partial charge in [0.25, 0.3) is 5.91 Å². The third-order valence-electron chi connectivity index (χ3n) is 3.47. The molecule has 138 valence electrons. The number of benzene rings is 1. The highest BCUT2D eigenvalue weighted by Gasteiger charge is 2.20. The Bertz CT molecular complexity index is 789. The van der Waals surface area contributed by atoms with Crippen molar-refractivity contribution in [3.8, 4) is 5.75 Å². The fourth-order valence-corrected chi connectivity index (χ4v) is 2.92. The van der Waals surface area contributed by atoms with Crippen molar-refractivity contribution in [3.05, 3.63) is 48.3 Å². The van der Waals surface area contributed by atoms with Gasteiger partial charge in [0, 0.05) is 12.1 Å². The van der Waals surface area contributed by atoms with E-state index in [0.29, 0.717) is 28.8 Å². The van der Waals surface area contributed by atoms with E-state index in [1.54, 1.807) is 48.9 Å².